The summed E-state index contributed by atoms with van der Waals surface area (Å²) in [4.78, 5) is 12.1. The van der Waals surface area contributed by atoms with Crippen LogP contribution in [-0.4, -0.2) is 29.2 Å². The molecule has 1 N–H and O–H groups in total. The van der Waals surface area contributed by atoms with Gasteiger partial charge in [-0.15, -0.1) is 0 Å². The van der Waals surface area contributed by atoms with Crippen LogP contribution in [0.2, 0.25) is 0 Å². The molecular weight excluding hydrogens is 142 g/mol. The van der Waals surface area contributed by atoms with E-state index in [4.69, 9.17) is 5.11 Å². The van der Waals surface area contributed by atoms with E-state index in [2.05, 4.69) is 0 Å². The molecule has 3 nitrogen and oxygen atoms in total. The summed E-state index contributed by atoms with van der Waals surface area (Å²) < 4.78 is 0. The number of carbonyl (C=O) groups is 1. The van der Waals surface area contributed by atoms with Crippen molar-refractivity contribution in [1.82, 2.24) is 4.90 Å². The molecule has 2 fully saturated rings. The fraction of sp³-hybridized carbons (Fsp3) is 0.875. The molecule has 1 aliphatic heterocycles. The van der Waals surface area contributed by atoms with Crippen LogP contribution in [0.3, 0.4) is 0 Å². The predicted molar refractivity (Wildman–Crippen MR) is 40.4 cm³/mol. The summed E-state index contributed by atoms with van der Waals surface area (Å²) in [5.74, 6) is 1.37. The van der Waals surface area contributed by atoms with E-state index in [0.29, 0.717) is 11.8 Å². The molecule has 2 atom stereocenters. The first kappa shape index (κ1) is 6.95. The predicted octanol–water partition coefficient (Wildman–Crippen LogP) is 1.40. The van der Waals surface area contributed by atoms with E-state index < -0.39 is 6.09 Å². The van der Waals surface area contributed by atoms with Crippen LogP contribution in [0, 0.1) is 11.8 Å². The zero-order valence-electron chi connectivity index (χ0n) is 6.49. The van der Waals surface area contributed by atoms with E-state index in [1.165, 1.54) is 19.3 Å². The van der Waals surface area contributed by atoms with Crippen LogP contribution in [0.5, 0.6) is 0 Å². The molecular formula is C8H13NO2. The van der Waals surface area contributed by atoms with Crippen LogP contribution >= 0.6 is 0 Å². The third-order valence-electron chi connectivity index (χ3n) is 3.00. The average Bonchev–Trinajstić information content (AvgIpc) is 2.40. The van der Waals surface area contributed by atoms with Crippen molar-refractivity contribution in [2.75, 3.05) is 13.1 Å². The Balaban J connectivity index is 1.99. The lowest BCUT2D eigenvalue weighted by Gasteiger charge is -2.11. The highest BCUT2D eigenvalue weighted by molar-refractivity contribution is 5.65. The summed E-state index contributed by atoms with van der Waals surface area (Å²) >= 11 is 0. The third-order valence-corrected chi connectivity index (χ3v) is 3.00. The molecule has 0 bridgehead atoms. The van der Waals surface area contributed by atoms with Gasteiger partial charge in [-0.05, 0) is 24.7 Å². The number of rotatable bonds is 0. The number of hydrogen-bond acceptors (Lipinski definition) is 1. The summed E-state index contributed by atoms with van der Waals surface area (Å²) in [6.45, 7) is 1.58. The molecule has 3 heteroatoms. The lowest BCUT2D eigenvalue weighted by Crippen LogP contribution is -2.27. The van der Waals surface area contributed by atoms with Crippen molar-refractivity contribution < 1.29 is 9.90 Å². The molecule has 1 heterocycles. The summed E-state index contributed by atoms with van der Waals surface area (Å²) in [6.07, 6.45) is 3.06. The van der Waals surface area contributed by atoms with Gasteiger partial charge in [0.05, 0.1) is 0 Å². The maximum absolute atomic E-state index is 10.6. The standard InChI is InChI=1S/C8H13NO2/c10-8(11)9-4-6-2-1-3-7(6)5-9/h6-7H,1-5H2,(H,10,11)/t6-,7-/m1/s1. The van der Waals surface area contributed by atoms with Crippen LogP contribution in [0.4, 0.5) is 4.79 Å². The Kier molecular flexibility index (Phi) is 1.51. The van der Waals surface area contributed by atoms with Gasteiger partial charge in [0, 0.05) is 13.1 Å². The quantitative estimate of drug-likeness (QED) is 0.574. The Hall–Kier alpha value is -0.730. The molecule has 2 aliphatic rings. The van der Waals surface area contributed by atoms with Gasteiger partial charge >= 0.3 is 6.09 Å². The second-order valence-corrected chi connectivity index (χ2v) is 3.64. The van der Waals surface area contributed by atoms with Crippen molar-refractivity contribution in [3.63, 3.8) is 0 Å². The summed E-state index contributed by atoms with van der Waals surface area (Å²) in [7, 11) is 0. The molecule has 0 spiro atoms. The van der Waals surface area contributed by atoms with Gasteiger partial charge in [0.15, 0.2) is 0 Å². The molecule has 0 aromatic carbocycles. The molecule has 0 unspecified atom stereocenters. The van der Waals surface area contributed by atoms with Crippen molar-refractivity contribution >= 4 is 6.09 Å². The molecule has 1 aliphatic carbocycles. The van der Waals surface area contributed by atoms with E-state index in [9.17, 15) is 4.79 Å². The molecule has 1 amide bonds. The summed E-state index contributed by atoms with van der Waals surface area (Å²) in [6, 6.07) is 0. The SMILES string of the molecule is O=C(O)N1C[C@H]2CCC[C@@H]2C1. The van der Waals surface area contributed by atoms with Crippen molar-refractivity contribution in [3.05, 3.63) is 0 Å². The Morgan fingerprint density at radius 2 is 1.82 bits per heavy atom. The van der Waals surface area contributed by atoms with Crippen LogP contribution < -0.4 is 0 Å². The molecule has 0 aromatic heterocycles. The molecule has 11 heavy (non-hydrogen) atoms. The first-order chi connectivity index (χ1) is 5.27. The largest absolute Gasteiger partial charge is 0.465 e. The van der Waals surface area contributed by atoms with E-state index in [-0.39, 0.29) is 0 Å². The second kappa shape index (κ2) is 2.40. The van der Waals surface area contributed by atoms with Gasteiger partial charge in [0.1, 0.15) is 0 Å². The Morgan fingerprint density at radius 1 is 1.27 bits per heavy atom. The number of fused-ring (bicyclic) bond motifs is 1. The zero-order chi connectivity index (χ0) is 7.84. The van der Waals surface area contributed by atoms with Gasteiger partial charge in [-0.3, -0.25) is 0 Å². The van der Waals surface area contributed by atoms with Crippen LogP contribution in [0.1, 0.15) is 19.3 Å². The number of amides is 1. The lowest BCUT2D eigenvalue weighted by atomic mass is 10.0. The van der Waals surface area contributed by atoms with E-state index >= 15 is 0 Å². The molecule has 2 rings (SSSR count). The highest BCUT2D eigenvalue weighted by Crippen LogP contribution is 2.37. The fourth-order valence-corrected chi connectivity index (χ4v) is 2.39. The van der Waals surface area contributed by atoms with Gasteiger partial charge in [0.25, 0.3) is 0 Å². The van der Waals surface area contributed by atoms with Crippen LogP contribution in [-0.2, 0) is 0 Å². The molecule has 1 saturated carbocycles. The van der Waals surface area contributed by atoms with Gasteiger partial charge in [-0.25, -0.2) is 4.79 Å². The molecule has 0 radical (unpaired) electrons. The van der Waals surface area contributed by atoms with E-state index in [0.717, 1.165) is 13.1 Å². The first-order valence-electron chi connectivity index (χ1n) is 4.25. The average molecular weight is 155 g/mol. The van der Waals surface area contributed by atoms with Gasteiger partial charge in [-0.2, -0.15) is 0 Å². The van der Waals surface area contributed by atoms with Crippen LogP contribution in [0.25, 0.3) is 0 Å². The smallest absolute Gasteiger partial charge is 0.407 e. The Morgan fingerprint density at radius 3 is 2.27 bits per heavy atom. The monoisotopic (exact) mass is 155 g/mol. The summed E-state index contributed by atoms with van der Waals surface area (Å²) in [5, 5.41) is 8.69. The normalized spacial score (nSPS) is 35.8. The molecule has 0 aromatic rings. The minimum atomic E-state index is -0.737. The number of carboxylic acid groups (broad SMARTS) is 1. The van der Waals surface area contributed by atoms with E-state index in [1.807, 2.05) is 0 Å². The molecule has 1 saturated heterocycles. The third kappa shape index (κ3) is 1.08. The van der Waals surface area contributed by atoms with E-state index in [1.54, 1.807) is 4.90 Å². The maximum atomic E-state index is 10.6. The molecule has 62 valence electrons. The van der Waals surface area contributed by atoms with Crippen molar-refractivity contribution in [1.29, 1.82) is 0 Å². The maximum Gasteiger partial charge on any atom is 0.407 e. The van der Waals surface area contributed by atoms with Crippen LogP contribution in [0.15, 0.2) is 0 Å². The van der Waals surface area contributed by atoms with Crippen molar-refractivity contribution in [3.8, 4) is 0 Å². The number of likely N-dealkylation sites (tertiary alicyclic amines) is 1. The second-order valence-electron chi connectivity index (χ2n) is 3.64. The lowest BCUT2D eigenvalue weighted by molar-refractivity contribution is 0.152. The minimum absolute atomic E-state index is 0.686. The fourth-order valence-electron chi connectivity index (χ4n) is 2.39. The van der Waals surface area contributed by atoms with Crippen molar-refractivity contribution in [2.45, 2.75) is 19.3 Å². The van der Waals surface area contributed by atoms with Gasteiger partial charge in [-0.1, -0.05) is 6.42 Å². The minimum Gasteiger partial charge on any atom is -0.465 e. The van der Waals surface area contributed by atoms with Gasteiger partial charge < -0.3 is 10.0 Å². The van der Waals surface area contributed by atoms with Crippen molar-refractivity contribution in [2.24, 2.45) is 11.8 Å². The highest BCUT2D eigenvalue weighted by Gasteiger charge is 2.37. The number of hydrogen-bond donors (Lipinski definition) is 1. The number of nitrogens with zero attached hydrogens (tertiary/aromatic N) is 1. The Bertz CT molecular complexity index is 169. The first-order valence-corrected chi connectivity index (χ1v) is 4.25. The topological polar surface area (TPSA) is 40.5 Å². The van der Waals surface area contributed by atoms with Gasteiger partial charge in [0.2, 0.25) is 0 Å². The Labute approximate surface area is 66.0 Å². The highest BCUT2D eigenvalue weighted by atomic mass is 16.4. The summed E-state index contributed by atoms with van der Waals surface area (Å²) in [5.41, 5.74) is 0. The zero-order valence-corrected chi connectivity index (χ0v) is 6.49.